The van der Waals surface area contributed by atoms with Gasteiger partial charge in [-0.2, -0.15) is 0 Å². The third-order valence-corrected chi connectivity index (χ3v) is 2.30. The van der Waals surface area contributed by atoms with Crippen LogP contribution in [-0.2, 0) is 6.42 Å². The van der Waals surface area contributed by atoms with Gasteiger partial charge in [0.15, 0.2) is 0 Å². The third-order valence-electron chi connectivity index (χ3n) is 2.30. The van der Waals surface area contributed by atoms with Gasteiger partial charge < -0.3 is 10.5 Å². The lowest BCUT2D eigenvalue weighted by molar-refractivity contribution is 0.408. The molecule has 0 saturated carbocycles. The molecule has 1 aromatic carbocycles. The van der Waals surface area contributed by atoms with Crippen LogP contribution in [0.2, 0.25) is 0 Å². The summed E-state index contributed by atoms with van der Waals surface area (Å²) in [6, 6.07) is 8.45. The SMILES string of the molecule is COc1ccccc1CCCC(C)N. The lowest BCUT2D eigenvalue weighted by atomic mass is 10.1. The summed E-state index contributed by atoms with van der Waals surface area (Å²) in [5, 5.41) is 0. The van der Waals surface area contributed by atoms with E-state index in [-0.39, 0.29) is 0 Å². The van der Waals surface area contributed by atoms with Gasteiger partial charge in [0.1, 0.15) is 5.75 Å². The topological polar surface area (TPSA) is 35.2 Å². The van der Waals surface area contributed by atoms with Crippen LogP contribution in [-0.4, -0.2) is 13.2 Å². The molecule has 2 heteroatoms. The van der Waals surface area contributed by atoms with E-state index in [2.05, 4.69) is 6.07 Å². The summed E-state index contributed by atoms with van der Waals surface area (Å²) in [6.07, 6.45) is 3.24. The number of hydrogen-bond donors (Lipinski definition) is 1. The maximum absolute atomic E-state index is 5.70. The second kappa shape index (κ2) is 5.66. The van der Waals surface area contributed by atoms with E-state index in [1.165, 1.54) is 5.56 Å². The van der Waals surface area contributed by atoms with E-state index < -0.39 is 0 Å². The fraction of sp³-hybridized carbons (Fsp3) is 0.500. The first-order valence-corrected chi connectivity index (χ1v) is 5.11. The Morgan fingerprint density at radius 3 is 2.71 bits per heavy atom. The molecule has 0 amide bonds. The monoisotopic (exact) mass is 193 g/mol. The van der Waals surface area contributed by atoms with Crippen LogP contribution in [0, 0.1) is 0 Å². The zero-order chi connectivity index (χ0) is 10.4. The lowest BCUT2D eigenvalue weighted by Gasteiger charge is -2.08. The van der Waals surface area contributed by atoms with Crippen LogP contribution in [0.15, 0.2) is 24.3 Å². The van der Waals surface area contributed by atoms with E-state index in [0.717, 1.165) is 25.0 Å². The quantitative estimate of drug-likeness (QED) is 0.779. The smallest absolute Gasteiger partial charge is 0.122 e. The van der Waals surface area contributed by atoms with Crippen molar-refractivity contribution in [2.24, 2.45) is 5.73 Å². The minimum Gasteiger partial charge on any atom is -0.496 e. The predicted octanol–water partition coefficient (Wildman–Crippen LogP) is 2.37. The lowest BCUT2D eigenvalue weighted by Crippen LogP contribution is -2.14. The highest BCUT2D eigenvalue weighted by Crippen LogP contribution is 2.19. The molecule has 1 rings (SSSR count). The minimum absolute atomic E-state index is 0.296. The molecular formula is C12H19NO. The van der Waals surface area contributed by atoms with Crippen LogP contribution in [0.3, 0.4) is 0 Å². The fourth-order valence-electron chi connectivity index (χ4n) is 1.52. The van der Waals surface area contributed by atoms with Crippen LogP contribution in [0.25, 0.3) is 0 Å². The number of rotatable bonds is 5. The molecule has 0 aliphatic heterocycles. The molecule has 1 atom stereocenters. The van der Waals surface area contributed by atoms with Crippen molar-refractivity contribution in [3.8, 4) is 5.75 Å². The molecule has 0 aliphatic carbocycles. The van der Waals surface area contributed by atoms with E-state index in [0.29, 0.717) is 6.04 Å². The van der Waals surface area contributed by atoms with Gasteiger partial charge in [0.05, 0.1) is 7.11 Å². The normalized spacial score (nSPS) is 12.5. The van der Waals surface area contributed by atoms with Crippen molar-refractivity contribution in [1.29, 1.82) is 0 Å². The summed E-state index contributed by atoms with van der Waals surface area (Å²) in [6.45, 7) is 2.04. The Labute approximate surface area is 86.1 Å². The molecule has 0 saturated heterocycles. The van der Waals surface area contributed by atoms with Gasteiger partial charge in [0.25, 0.3) is 0 Å². The molecule has 78 valence electrons. The van der Waals surface area contributed by atoms with Gasteiger partial charge in [-0.3, -0.25) is 0 Å². The second-order valence-corrected chi connectivity index (χ2v) is 3.68. The van der Waals surface area contributed by atoms with Crippen LogP contribution < -0.4 is 10.5 Å². The highest BCUT2D eigenvalue weighted by atomic mass is 16.5. The standard InChI is InChI=1S/C12H19NO/c1-10(13)6-5-8-11-7-3-4-9-12(11)14-2/h3-4,7,9-10H,5-6,8,13H2,1-2H3. The summed E-state index contributed by atoms with van der Waals surface area (Å²) >= 11 is 0. The molecule has 0 aliphatic rings. The molecule has 14 heavy (non-hydrogen) atoms. The van der Waals surface area contributed by atoms with E-state index >= 15 is 0 Å². The molecule has 0 heterocycles. The Kier molecular flexibility index (Phi) is 4.47. The first-order valence-electron chi connectivity index (χ1n) is 5.11. The Morgan fingerprint density at radius 2 is 2.07 bits per heavy atom. The van der Waals surface area contributed by atoms with Gasteiger partial charge in [-0.25, -0.2) is 0 Å². The fourth-order valence-corrected chi connectivity index (χ4v) is 1.52. The number of aryl methyl sites for hydroxylation is 1. The van der Waals surface area contributed by atoms with Crippen molar-refractivity contribution in [3.63, 3.8) is 0 Å². The molecule has 0 radical (unpaired) electrons. The first kappa shape index (κ1) is 11.1. The molecule has 0 fully saturated rings. The molecular weight excluding hydrogens is 174 g/mol. The third kappa shape index (κ3) is 3.38. The summed E-state index contributed by atoms with van der Waals surface area (Å²) in [5.74, 6) is 0.983. The Hall–Kier alpha value is -1.02. The minimum atomic E-state index is 0.296. The van der Waals surface area contributed by atoms with Crippen molar-refractivity contribution in [3.05, 3.63) is 29.8 Å². The van der Waals surface area contributed by atoms with Crippen molar-refractivity contribution in [2.45, 2.75) is 32.2 Å². The number of methoxy groups -OCH3 is 1. The Bertz CT molecular complexity index is 271. The molecule has 2 nitrogen and oxygen atoms in total. The van der Waals surface area contributed by atoms with Gasteiger partial charge in [-0.05, 0) is 37.8 Å². The van der Waals surface area contributed by atoms with Gasteiger partial charge in [0, 0.05) is 6.04 Å². The summed E-state index contributed by atoms with van der Waals surface area (Å²) in [5.41, 5.74) is 6.97. The maximum atomic E-state index is 5.70. The van der Waals surface area contributed by atoms with Crippen molar-refractivity contribution in [2.75, 3.05) is 7.11 Å². The average molecular weight is 193 g/mol. The number of benzene rings is 1. The van der Waals surface area contributed by atoms with E-state index in [9.17, 15) is 0 Å². The molecule has 1 unspecified atom stereocenters. The molecule has 1 aromatic rings. The Balaban J connectivity index is 2.49. The molecule has 0 spiro atoms. The van der Waals surface area contributed by atoms with Gasteiger partial charge in [-0.15, -0.1) is 0 Å². The molecule has 0 bridgehead atoms. The van der Waals surface area contributed by atoms with Gasteiger partial charge in [-0.1, -0.05) is 18.2 Å². The van der Waals surface area contributed by atoms with E-state index in [4.69, 9.17) is 10.5 Å². The van der Waals surface area contributed by atoms with Gasteiger partial charge in [0.2, 0.25) is 0 Å². The molecule has 0 aromatic heterocycles. The largest absolute Gasteiger partial charge is 0.496 e. The number of ether oxygens (including phenoxy) is 1. The zero-order valence-corrected chi connectivity index (χ0v) is 8.99. The van der Waals surface area contributed by atoms with E-state index in [1.807, 2.05) is 25.1 Å². The number of para-hydroxylation sites is 1. The molecule has 2 N–H and O–H groups in total. The summed E-state index contributed by atoms with van der Waals surface area (Å²) < 4.78 is 5.27. The van der Waals surface area contributed by atoms with Gasteiger partial charge >= 0.3 is 0 Å². The second-order valence-electron chi connectivity index (χ2n) is 3.68. The van der Waals surface area contributed by atoms with Crippen molar-refractivity contribution < 1.29 is 4.74 Å². The van der Waals surface area contributed by atoms with E-state index in [1.54, 1.807) is 7.11 Å². The van der Waals surface area contributed by atoms with Crippen LogP contribution in [0.4, 0.5) is 0 Å². The maximum Gasteiger partial charge on any atom is 0.122 e. The number of nitrogens with two attached hydrogens (primary N) is 1. The highest BCUT2D eigenvalue weighted by Gasteiger charge is 2.01. The van der Waals surface area contributed by atoms with Crippen LogP contribution >= 0.6 is 0 Å². The van der Waals surface area contributed by atoms with Crippen LogP contribution in [0.5, 0.6) is 5.75 Å². The first-order chi connectivity index (χ1) is 6.74. The van der Waals surface area contributed by atoms with Crippen molar-refractivity contribution in [1.82, 2.24) is 0 Å². The zero-order valence-electron chi connectivity index (χ0n) is 8.99. The number of hydrogen-bond acceptors (Lipinski definition) is 2. The summed E-state index contributed by atoms with van der Waals surface area (Å²) in [4.78, 5) is 0. The highest BCUT2D eigenvalue weighted by molar-refractivity contribution is 5.33. The Morgan fingerprint density at radius 1 is 1.36 bits per heavy atom. The van der Waals surface area contributed by atoms with Crippen molar-refractivity contribution >= 4 is 0 Å². The predicted molar refractivity (Wildman–Crippen MR) is 59.6 cm³/mol. The summed E-state index contributed by atoms with van der Waals surface area (Å²) in [7, 11) is 1.71. The van der Waals surface area contributed by atoms with Crippen LogP contribution in [0.1, 0.15) is 25.3 Å². The average Bonchev–Trinajstić information content (AvgIpc) is 2.18.